The van der Waals surface area contributed by atoms with Gasteiger partial charge in [-0.05, 0) is 42.3 Å². The summed E-state index contributed by atoms with van der Waals surface area (Å²) >= 11 is 0. The monoisotopic (exact) mass is 349 g/mol. The smallest absolute Gasteiger partial charge is 0.267 e. The highest BCUT2D eigenvalue weighted by Gasteiger charge is 2.13. The fourth-order valence-corrected chi connectivity index (χ4v) is 2.86. The molecular weight excluding hydrogens is 330 g/mol. The summed E-state index contributed by atoms with van der Waals surface area (Å²) in [4.78, 5) is 29.0. The van der Waals surface area contributed by atoms with Crippen molar-refractivity contribution in [2.75, 3.05) is 0 Å². The molecule has 0 aliphatic carbocycles. The first-order valence-electron chi connectivity index (χ1n) is 8.29. The van der Waals surface area contributed by atoms with Gasteiger partial charge in [-0.2, -0.15) is 0 Å². The Morgan fingerprint density at radius 3 is 2.73 bits per heavy atom. The zero-order valence-corrected chi connectivity index (χ0v) is 14.6. The normalized spacial score (nSPS) is 11.2. The van der Waals surface area contributed by atoms with Crippen molar-refractivity contribution < 1.29 is 10.0 Å². The van der Waals surface area contributed by atoms with Crippen LogP contribution >= 0.6 is 0 Å². The Kier molecular flexibility index (Phi) is 4.95. The Morgan fingerprint density at radius 2 is 2.04 bits per heavy atom. The highest BCUT2D eigenvalue weighted by molar-refractivity contribution is 5.91. The van der Waals surface area contributed by atoms with E-state index in [9.17, 15) is 9.59 Å². The van der Waals surface area contributed by atoms with Gasteiger partial charge in [-0.1, -0.05) is 31.2 Å². The molecule has 0 unspecified atom stereocenters. The maximum absolute atomic E-state index is 13.2. The van der Waals surface area contributed by atoms with Crippen LogP contribution in [0.15, 0.2) is 53.3 Å². The molecule has 0 aliphatic heterocycles. The average Bonchev–Trinajstić information content (AvgIpc) is 2.66. The molecule has 0 radical (unpaired) electrons. The standard InChI is InChI=1S/C20H19N3O3/c1-3-18-21-16-10-8-14(9-11-19(24)22-26)12-15(16)20(25)23(18)17-7-5-4-6-13(17)2/h4-12,26H,3H2,1-2H3,(H,22,24)/b11-9+. The Hall–Kier alpha value is -3.25. The lowest BCUT2D eigenvalue weighted by Crippen LogP contribution is -2.24. The van der Waals surface area contributed by atoms with Crippen molar-refractivity contribution in [3.05, 3.63) is 75.8 Å². The van der Waals surface area contributed by atoms with Crippen LogP contribution < -0.4 is 11.0 Å². The molecule has 0 bridgehead atoms. The van der Waals surface area contributed by atoms with Gasteiger partial charge in [-0.3, -0.25) is 19.4 Å². The van der Waals surface area contributed by atoms with E-state index in [2.05, 4.69) is 4.98 Å². The molecule has 132 valence electrons. The van der Waals surface area contributed by atoms with Gasteiger partial charge in [0, 0.05) is 12.5 Å². The molecule has 3 aromatic rings. The molecule has 2 aromatic carbocycles. The van der Waals surface area contributed by atoms with Gasteiger partial charge in [-0.15, -0.1) is 0 Å². The highest BCUT2D eigenvalue weighted by atomic mass is 16.5. The van der Waals surface area contributed by atoms with E-state index in [0.717, 1.165) is 11.3 Å². The minimum Gasteiger partial charge on any atom is -0.288 e. The van der Waals surface area contributed by atoms with E-state index < -0.39 is 5.91 Å². The summed E-state index contributed by atoms with van der Waals surface area (Å²) < 4.78 is 1.64. The molecule has 3 rings (SSSR count). The fourth-order valence-electron chi connectivity index (χ4n) is 2.86. The predicted octanol–water partition coefficient (Wildman–Crippen LogP) is 2.78. The predicted molar refractivity (Wildman–Crippen MR) is 100 cm³/mol. The number of benzene rings is 2. The molecular formula is C20H19N3O3. The molecule has 0 spiro atoms. The van der Waals surface area contributed by atoms with Crippen molar-refractivity contribution in [1.82, 2.24) is 15.0 Å². The van der Waals surface area contributed by atoms with Crippen LogP contribution in [0.4, 0.5) is 0 Å². The van der Waals surface area contributed by atoms with Gasteiger partial charge in [0.05, 0.1) is 16.6 Å². The number of hydrogen-bond acceptors (Lipinski definition) is 4. The minimum atomic E-state index is -0.637. The number of aromatic nitrogens is 2. The third-order valence-electron chi connectivity index (χ3n) is 4.17. The first kappa shape index (κ1) is 17.6. The summed E-state index contributed by atoms with van der Waals surface area (Å²) in [5, 5.41) is 9.03. The topological polar surface area (TPSA) is 84.2 Å². The van der Waals surface area contributed by atoms with Crippen LogP contribution in [-0.4, -0.2) is 20.7 Å². The van der Waals surface area contributed by atoms with Crippen LogP contribution in [0.1, 0.15) is 23.9 Å². The highest BCUT2D eigenvalue weighted by Crippen LogP contribution is 2.18. The summed E-state index contributed by atoms with van der Waals surface area (Å²) in [6, 6.07) is 12.9. The maximum Gasteiger partial charge on any atom is 0.267 e. The number of nitrogens with zero attached hydrogens (tertiary/aromatic N) is 2. The van der Waals surface area contributed by atoms with Gasteiger partial charge in [0.1, 0.15) is 5.82 Å². The molecule has 0 saturated heterocycles. The van der Waals surface area contributed by atoms with Gasteiger partial charge in [0.2, 0.25) is 0 Å². The number of hydroxylamine groups is 1. The number of carbonyl (C=O) groups is 1. The van der Waals surface area contributed by atoms with Crippen LogP contribution in [0.25, 0.3) is 22.7 Å². The zero-order chi connectivity index (χ0) is 18.7. The number of carbonyl (C=O) groups excluding carboxylic acids is 1. The molecule has 0 fully saturated rings. The lowest BCUT2D eigenvalue weighted by Gasteiger charge is -2.14. The summed E-state index contributed by atoms with van der Waals surface area (Å²) in [5.41, 5.74) is 4.46. The summed E-state index contributed by atoms with van der Waals surface area (Å²) in [5.74, 6) is 0.0571. The number of rotatable bonds is 4. The van der Waals surface area contributed by atoms with Crippen LogP contribution in [0.2, 0.25) is 0 Å². The second-order valence-corrected chi connectivity index (χ2v) is 5.89. The molecule has 2 N–H and O–H groups in total. The summed E-state index contributed by atoms with van der Waals surface area (Å²) in [7, 11) is 0. The van der Waals surface area contributed by atoms with E-state index in [1.165, 1.54) is 17.6 Å². The molecule has 0 aliphatic rings. The Labute approximate surface area is 150 Å². The van der Waals surface area contributed by atoms with Gasteiger partial charge >= 0.3 is 0 Å². The first-order chi connectivity index (χ1) is 12.5. The molecule has 1 heterocycles. The third kappa shape index (κ3) is 3.27. The zero-order valence-electron chi connectivity index (χ0n) is 14.6. The second-order valence-electron chi connectivity index (χ2n) is 5.89. The third-order valence-corrected chi connectivity index (χ3v) is 4.17. The minimum absolute atomic E-state index is 0.150. The van der Waals surface area contributed by atoms with E-state index in [1.54, 1.807) is 22.8 Å². The van der Waals surface area contributed by atoms with Crippen molar-refractivity contribution in [2.45, 2.75) is 20.3 Å². The molecule has 26 heavy (non-hydrogen) atoms. The Morgan fingerprint density at radius 1 is 1.27 bits per heavy atom. The molecule has 1 amide bonds. The first-order valence-corrected chi connectivity index (χ1v) is 8.29. The van der Waals surface area contributed by atoms with E-state index in [0.29, 0.717) is 28.7 Å². The maximum atomic E-state index is 13.2. The van der Waals surface area contributed by atoms with Gasteiger partial charge in [0.25, 0.3) is 11.5 Å². The molecule has 6 nitrogen and oxygen atoms in total. The Bertz CT molecular complexity index is 1070. The lowest BCUT2D eigenvalue weighted by molar-refractivity contribution is -0.124. The number of fused-ring (bicyclic) bond motifs is 1. The number of aryl methyl sites for hydroxylation is 2. The van der Waals surface area contributed by atoms with E-state index in [-0.39, 0.29) is 5.56 Å². The molecule has 0 atom stereocenters. The van der Waals surface area contributed by atoms with Crippen LogP contribution in [-0.2, 0) is 11.2 Å². The average molecular weight is 349 g/mol. The van der Waals surface area contributed by atoms with Gasteiger partial charge < -0.3 is 0 Å². The summed E-state index contributed by atoms with van der Waals surface area (Å²) in [6.45, 7) is 3.92. The second kappa shape index (κ2) is 7.33. The molecule has 0 saturated carbocycles. The Balaban J connectivity index is 2.24. The van der Waals surface area contributed by atoms with Crippen molar-refractivity contribution in [1.29, 1.82) is 0 Å². The van der Waals surface area contributed by atoms with Crippen molar-refractivity contribution in [2.24, 2.45) is 0 Å². The quantitative estimate of drug-likeness (QED) is 0.431. The van der Waals surface area contributed by atoms with Crippen LogP contribution in [0, 0.1) is 6.92 Å². The van der Waals surface area contributed by atoms with Gasteiger partial charge in [0.15, 0.2) is 0 Å². The molecule has 6 heteroatoms. The number of para-hydroxylation sites is 1. The van der Waals surface area contributed by atoms with Crippen molar-refractivity contribution >= 4 is 22.9 Å². The van der Waals surface area contributed by atoms with E-state index in [4.69, 9.17) is 5.21 Å². The fraction of sp³-hybridized carbons (Fsp3) is 0.150. The number of amides is 1. The van der Waals surface area contributed by atoms with E-state index in [1.807, 2.05) is 38.1 Å². The molecule has 1 aromatic heterocycles. The number of hydrogen-bond donors (Lipinski definition) is 2. The van der Waals surface area contributed by atoms with Crippen molar-refractivity contribution in [3.63, 3.8) is 0 Å². The van der Waals surface area contributed by atoms with E-state index >= 15 is 0 Å². The van der Waals surface area contributed by atoms with Crippen LogP contribution in [0.5, 0.6) is 0 Å². The number of nitrogens with one attached hydrogen (secondary N) is 1. The largest absolute Gasteiger partial charge is 0.288 e. The SMILES string of the molecule is CCc1nc2ccc(/C=C/C(=O)NO)cc2c(=O)n1-c1ccccc1C. The lowest BCUT2D eigenvalue weighted by atomic mass is 10.1. The van der Waals surface area contributed by atoms with Gasteiger partial charge in [-0.25, -0.2) is 10.5 Å². The van der Waals surface area contributed by atoms with Crippen molar-refractivity contribution in [3.8, 4) is 5.69 Å². The van der Waals surface area contributed by atoms with Crippen LogP contribution in [0.3, 0.4) is 0 Å². The summed E-state index contributed by atoms with van der Waals surface area (Å²) in [6.07, 6.45) is 3.34.